The molecule has 2 aromatic rings. The fraction of sp³-hybridized carbons (Fsp3) is 0.143. The molecule has 0 unspecified atom stereocenters. The van der Waals surface area contributed by atoms with Crippen molar-refractivity contribution in [1.82, 2.24) is 0 Å². The molecule has 7 heteroatoms. The summed E-state index contributed by atoms with van der Waals surface area (Å²) in [4.78, 5) is 0. The van der Waals surface area contributed by atoms with Crippen molar-refractivity contribution in [3.63, 3.8) is 0 Å². The SMILES string of the molecule is NCc1cccc(COc2c(F)c(F)c(F)c(F)c2F)c1. The summed E-state index contributed by atoms with van der Waals surface area (Å²) in [6.45, 7) is -0.109. The average molecular weight is 303 g/mol. The summed E-state index contributed by atoms with van der Waals surface area (Å²) in [6.07, 6.45) is 0. The van der Waals surface area contributed by atoms with E-state index in [1.54, 1.807) is 24.3 Å². The minimum atomic E-state index is -2.22. The number of nitrogens with two attached hydrogens (primary N) is 1. The maximum absolute atomic E-state index is 13.4. The van der Waals surface area contributed by atoms with E-state index < -0.39 is 34.8 Å². The number of ether oxygens (including phenoxy) is 1. The molecule has 112 valence electrons. The molecular formula is C14H10F5NO. The van der Waals surface area contributed by atoms with Gasteiger partial charge in [-0.3, -0.25) is 0 Å². The van der Waals surface area contributed by atoms with Gasteiger partial charge in [0.25, 0.3) is 0 Å². The van der Waals surface area contributed by atoms with Crippen molar-refractivity contribution >= 4 is 0 Å². The van der Waals surface area contributed by atoms with Crippen LogP contribution in [-0.2, 0) is 13.2 Å². The first kappa shape index (κ1) is 15.2. The zero-order valence-corrected chi connectivity index (χ0v) is 10.6. The molecule has 2 nitrogen and oxygen atoms in total. The molecule has 0 aromatic heterocycles. The second-order valence-electron chi connectivity index (χ2n) is 4.21. The van der Waals surface area contributed by atoms with E-state index in [1.165, 1.54) is 0 Å². The molecule has 0 fully saturated rings. The van der Waals surface area contributed by atoms with Gasteiger partial charge >= 0.3 is 0 Å². The summed E-state index contributed by atoms with van der Waals surface area (Å²) in [5, 5.41) is 0. The Kier molecular flexibility index (Phi) is 4.42. The largest absolute Gasteiger partial charge is 0.483 e. The van der Waals surface area contributed by atoms with Gasteiger partial charge in [-0.2, -0.15) is 8.78 Å². The van der Waals surface area contributed by atoms with Crippen LogP contribution in [0.5, 0.6) is 5.75 Å². The van der Waals surface area contributed by atoms with Gasteiger partial charge in [0.2, 0.25) is 29.1 Å². The Bertz CT molecular complexity index is 646. The fourth-order valence-electron chi connectivity index (χ4n) is 1.71. The normalized spacial score (nSPS) is 10.8. The molecule has 0 saturated carbocycles. The maximum Gasteiger partial charge on any atom is 0.207 e. The van der Waals surface area contributed by atoms with Gasteiger partial charge in [-0.1, -0.05) is 24.3 Å². The van der Waals surface area contributed by atoms with Crippen LogP contribution < -0.4 is 10.5 Å². The molecule has 0 aliphatic carbocycles. The summed E-state index contributed by atoms with van der Waals surface area (Å²) in [5.74, 6) is -11.6. The van der Waals surface area contributed by atoms with Crippen LogP contribution in [-0.4, -0.2) is 0 Å². The van der Waals surface area contributed by atoms with Crippen molar-refractivity contribution in [3.05, 3.63) is 64.5 Å². The van der Waals surface area contributed by atoms with Crippen LogP contribution in [0.1, 0.15) is 11.1 Å². The summed E-state index contributed by atoms with van der Waals surface area (Å²) in [7, 11) is 0. The Morgan fingerprint density at radius 3 is 1.90 bits per heavy atom. The van der Waals surface area contributed by atoms with Crippen LogP contribution in [0.15, 0.2) is 24.3 Å². The molecule has 0 heterocycles. The van der Waals surface area contributed by atoms with Gasteiger partial charge in [0.1, 0.15) is 6.61 Å². The third kappa shape index (κ3) is 2.97. The minimum absolute atomic E-state index is 0.246. The summed E-state index contributed by atoms with van der Waals surface area (Å²) in [5.41, 5.74) is 6.66. The van der Waals surface area contributed by atoms with Crippen molar-refractivity contribution in [2.75, 3.05) is 0 Å². The highest BCUT2D eigenvalue weighted by atomic mass is 19.2. The quantitative estimate of drug-likeness (QED) is 0.533. The van der Waals surface area contributed by atoms with Gasteiger partial charge in [-0.15, -0.1) is 0 Å². The Labute approximate surface area is 116 Å². The zero-order valence-electron chi connectivity index (χ0n) is 10.6. The van der Waals surface area contributed by atoms with E-state index in [4.69, 9.17) is 10.5 Å². The Hall–Kier alpha value is -2.15. The standard InChI is InChI=1S/C14H10F5NO/c15-9-10(16)12(18)14(13(19)11(9)17)21-6-8-3-1-2-7(4-8)5-20/h1-4H,5-6,20H2. The molecule has 0 atom stereocenters. The van der Waals surface area contributed by atoms with Crippen molar-refractivity contribution in [1.29, 1.82) is 0 Å². The van der Waals surface area contributed by atoms with E-state index in [0.717, 1.165) is 5.56 Å². The highest BCUT2D eigenvalue weighted by Crippen LogP contribution is 2.29. The van der Waals surface area contributed by atoms with E-state index in [0.29, 0.717) is 5.56 Å². The number of hydrogen-bond donors (Lipinski definition) is 1. The van der Waals surface area contributed by atoms with Crippen LogP contribution in [0.4, 0.5) is 22.0 Å². The molecule has 21 heavy (non-hydrogen) atoms. The lowest BCUT2D eigenvalue weighted by Crippen LogP contribution is -2.07. The van der Waals surface area contributed by atoms with Crippen molar-refractivity contribution in [2.45, 2.75) is 13.2 Å². The third-order valence-corrected chi connectivity index (χ3v) is 2.78. The molecule has 0 bridgehead atoms. The number of rotatable bonds is 4. The smallest absolute Gasteiger partial charge is 0.207 e. The molecule has 0 aliphatic rings. The molecule has 0 saturated heterocycles. The van der Waals surface area contributed by atoms with Gasteiger partial charge in [-0.05, 0) is 11.1 Å². The lowest BCUT2D eigenvalue weighted by Gasteiger charge is -2.10. The summed E-state index contributed by atoms with van der Waals surface area (Å²) in [6, 6.07) is 6.54. The lowest BCUT2D eigenvalue weighted by molar-refractivity contribution is 0.253. The summed E-state index contributed by atoms with van der Waals surface area (Å²) < 4.78 is 70.3. The minimum Gasteiger partial charge on any atom is -0.483 e. The first-order chi connectivity index (χ1) is 9.95. The predicted octanol–water partition coefficient (Wildman–Crippen LogP) is 3.42. The van der Waals surface area contributed by atoms with Crippen molar-refractivity contribution < 1.29 is 26.7 Å². The number of benzene rings is 2. The number of hydrogen-bond acceptors (Lipinski definition) is 2. The third-order valence-electron chi connectivity index (χ3n) is 2.78. The Balaban J connectivity index is 2.28. The lowest BCUT2D eigenvalue weighted by atomic mass is 10.1. The fourth-order valence-corrected chi connectivity index (χ4v) is 1.71. The Morgan fingerprint density at radius 1 is 0.810 bits per heavy atom. The molecule has 0 spiro atoms. The van der Waals surface area contributed by atoms with Crippen LogP contribution in [0.25, 0.3) is 0 Å². The molecular weight excluding hydrogens is 293 g/mol. The molecule has 2 aromatic carbocycles. The second-order valence-corrected chi connectivity index (χ2v) is 4.21. The zero-order chi connectivity index (χ0) is 15.6. The van der Waals surface area contributed by atoms with E-state index in [9.17, 15) is 22.0 Å². The highest BCUT2D eigenvalue weighted by Gasteiger charge is 2.26. The average Bonchev–Trinajstić information content (AvgIpc) is 2.51. The van der Waals surface area contributed by atoms with Gasteiger partial charge in [0.05, 0.1) is 0 Å². The first-order valence-electron chi connectivity index (χ1n) is 5.87. The first-order valence-corrected chi connectivity index (χ1v) is 5.87. The molecule has 0 aliphatic heterocycles. The van der Waals surface area contributed by atoms with E-state index in [2.05, 4.69) is 0 Å². The van der Waals surface area contributed by atoms with Crippen LogP contribution in [0.2, 0.25) is 0 Å². The van der Waals surface area contributed by atoms with Gasteiger partial charge in [0.15, 0.2) is 5.75 Å². The van der Waals surface area contributed by atoms with E-state index in [-0.39, 0.29) is 13.2 Å². The van der Waals surface area contributed by atoms with E-state index >= 15 is 0 Å². The van der Waals surface area contributed by atoms with Gasteiger partial charge in [0, 0.05) is 6.54 Å². The van der Waals surface area contributed by atoms with E-state index in [1.807, 2.05) is 0 Å². The molecule has 2 N–H and O–H groups in total. The molecule has 0 amide bonds. The highest BCUT2D eigenvalue weighted by molar-refractivity contribution is 5.30. The maximum atomic E-state index is 13.4. The van der Waals surface area contributed by atoms with Crippen LogP contribution in [0.3, 0.4) is 0 Å². The summed E-state index contributed by atoms with van der Waals surface area (Å²) >= 11 is 0. The monoisotopic (exact) mass is 303 g/mol. The molecule has 2 rings (SSSR count). The van der Waals surface area contributed by atoms with Crippen LogP contribution >= 0.6 is 0 Å². The van der Waals surface area contributed by atoms with Crippen LogP contribution in [0, 0.1) is 29.1 Å². The second kappa shape index (κ2) is 6.09. The number of halogens is 5. The topological polar surface area (TPSA) is 35.2 Å². The molecule has 0 radical (unpaired) electrons. The van der Waals surface area contributed by atoms with Gasteiger partial charge < -0.3 is 10.5 Å². The van der Waals surface area contributed by atoms with Crippen molar-refractivity contribution in [2.24, 2.45) is 5.73 Å². The Morgan fingerprint density at radius 2 is 1.33 bits per heavy atom. The predicted molar refractivity (Wildman–Crippen MR) is 64.9 cm³/mol. The van der Waals surface area contributed by atoms with Gasteiger partial charge in [-0.25, -0.2) is 13.2 Å². The van der Waals surface area contributed by atoms with Crippen molar-refractivity contribution in [3.8, 4) is 5.75 Å².